The summed E-state index contributed by atoms with van der Waals surface area (Å²) in [6.45, 7) is 7.99. The number of hydrogen-bond acceptors (Lipinski definition) is 3. The van der Waals surface area contributed by atoms with Crippen LogP contribution in [0.15, 0.2) is 0 Å². The molecule has 92 valence electrons. The summed E-state index contributed by atoms with van der Waals surface area (Å²) in [5, 5.41) is 3.30. The maximum atomic E-state index is 3.30. The highest BCUT2D eigenvalue weighted by atomic mass is 32.2. The third kappa shape index (κ3) is 5.23. The first-order chi connectivity index (χ1) is 7.08. The van der Waals surface area contributed by atoms with Gasteiger partial charge < -0.3 is 5.32 Å². The van der Waals surface area contributed by atoms with Gasteiger partial charge in [-0.25, -0.2) is 0 Å². The summed E-state index contributed by atoms with van der Waals surface area (Å²) in [6.07, 6.45) is 3.43. The number of thioether (sulfide) groups is 1. The second-order valence-corrected chi connectivity index (χ2v) is 5.46. The minimum atomic E-state index is 0.645. The van der Waals surface area contributed by atoms with Crippen LogP contribution in [0.2, 0.25) is 0 Å². The standard InChI is InChI=1S/C12H28N2S/c1-7-11(9-15-6)14(5)12(8-13-4)10(2)3/h10-13H,7-9H2,1-6H3. The van der Waals surface area contributed by atoms with Crippen molar-refractivity contribution < 1.29 is 0 Å². The Bertz CT molecular complexity index is 151. The molecule has 0 aromatic rings. The zero-order chi connectivity index (χ0) is 11.8. The maximum Gasteiger partial charge on any atom is 0.0243 e. The summed E-state index contributed by atoms with van der Waals surface area (Å²) in [5.41, 5.74) is 0. The van der Waals surface area contributed by atoms with Gasteiger partial charge >= 0.3 is 0 Å². The van der Waals surface area contributed by atoms with Crippen LogP contribution in [0.4, 0.5) is 0 Å². The van der Waals surface area contributed by atoms with E-state index in [1.165, 1.54) is 12.2 Å². The number of nitrogens with one attached hydrogen (secondary N) is 1. The van der Waals surface area contributed by atoms with E-state index in [-0.39, 0.29) is 0 Å². The summed E-state index contributed by atoms with van der Waals surface area (Å²) < 4.78 is 0. The van der Waals surface area contributed by atoms with Gasteiger partial charge in [0.2, 0.25) is 0 Å². The molecule has 0 aliphatic heterocycles. The number of likely N-dealkylation sites (N-methyl/N-ethyl adjacent to an activating group) is 2. The maximum absolute atomic E-state index is 3.30. The smallest absolute Gasteiger partial charge is 0.0243 e. The summed E-state index contributed by atoms with van der Waals surface area (Å²) >= 11 is 1.95. The Labute approximate surface area is 100 Å². The Morgan fingerprint density at radius 2 is 1.93 bits per heavy atom. The average Bonchev–Trinajstić information content (AvgIpc) is 2.21. The Hall–Kier alpha value is 0.270. The third-order valence-electron chi connectivity index (χ3n) is 3.11. The first-order valence-corrected chi connectivity index (χ1v) is 7.33. The van der Waals surface area contributed by atoms with Gasteiger partial charge in [-0.05, 0) is 32.7 Å². The van der Waals surface area contributed by atoms with Crippen LogP contribution >= 0.6 is 11.8 Å². The molecule has 0 amide bonds. The van der Waals surface area contributed by atoms with Crippen molar-refractivity contribution in [3.05, 3.63) is 0 Å². The molecule has 0 saturated heterocycles. The van der Waals surface area contributed by atoms with Crippen LogP contribution in [0.1, 0.15) is 27.2 Å². The molecule has 0 rings (SSSR count). The van der Waals surface area contributed by atoms with Gasteiger partial charge in [0.05, 0.1) is 0 Å². The van der Waals surface area contributed by atoms with E-state index < -0.39 is 0 Å². The van der Waals surface area contributed by atoms with Gasteiger partial charge in [0.15, 0.2) is 0 Å². The van der Waals surface area contributed by atoms with Crippen LogP contribution in [0, 0.1) is 5.92 Å². The van der Waals surface area contributed by atoms with Gasteiger partial charge in [-0.3, -0.25) is 4.90 Å². The SMILES string of the molecule is CCC(CSC)N(C)C(CNC)C(C)C. The lowest BCUT2D eigenvalue weighted by Crippen LogP contribution is -2.48. The topological polar surface area (TPSA) is 15.3 Å². The van der Waals surface area contributed by atoms with Crippen molar-refractivity contribution in [2.24, 2.45) is 5.92 Å². The monoisotopic (exact) mass is 232 g/mol. The summed E-state index contributed by atoms with van der Waals surface area (Å²) in [4.78, 5) is 2.55. The molecule has 3 heteroatoms. The molecule has 0 fully saturated rings. The zero-order valence-electron chi connectivity index (χ0n) is 11.2. The van der Waals surface area contributed by atoms with Crippen molar-refractivity contribution in [2.45, 2.75) is 39.3 Å². The van der Waals surface area contributed by atoms with Gasteiger partial charge in [0.1, 0.15) is 0 Å². The minimum Gasteiger partial charge on any atom is -0.318 e. The van der Waals surface area contributed by atoms with E-state index in [1.54, 1.807) is 0 Å². The van der Waals surface area contributed by atoms with Crippen LogP contribution in [-0.2, 0) is 0 Å². The Morgan fingerprint density at radius 1 is 1.33 bits per heavy atom. The third-order valence-corrected chi connectivity index (χ3v) is 3.83. The molecule has 0 aliphatic carbocycles. The Balaban J connectivity index is 4.36. The normalized spacial score (nSPS) is 16.0. The number of hydrogen-bond donors (Lipinski definition) is 1. The highest BCUT2D eigenvalue weighted by molar-refractivity contribution is 7.98. The van der Waals surface area contributed by atoms with Gasteiger partial charge in [0, 0.05) is 24.4 Å². The first-order valence-electron chi connectivity index (χ1n) is 5.93. The van der Waals surface area contributed by atoms with Crippen LogP contribution in [0.25, 0.3) is 0 Å². The largest absolute Gasteiger partial charge is 0.318 e. The molecule has 0 spiro atoms. The van der Waals surface area contributed by atoms with Gasteiger partial charge in [-0.1, -0.05) is 20.8 Å². The average molecular weight is 232 g/mol. The van der Waals surface area contributed by atoms with Crippen molar-refractivity contribution in [3.8, 4) is 0 Å². The first kappa shape index (κ1) is 15.3. The predicted molar refractivity (Wildman–Crippen MR) is 72.8 cm³/mol. The lowest BCUT2D eigenvalue weighted by molar-refractivity contribution is 0.143. The van der Waals surface area contributed by atoms with Crippen LogP contribution in [0.5, 0.6) is 0 Å². The highest BCUT2D eigenvalue weighted by Crippen LogP contribution is 2.16. The summed E-state index contributed by atoms with van der Waals surface area (Å²) in [6, 6.07) is 1.35. The second-order valence-electron chi connectivity index (χ2n) is 4.55. The molecule has 1 N–H and O–H groups in total. The summed E-state index contributed by atoms with van der Waals surface area (Å²) in [5.74, 6) is 1.94. The molecule has 0 aromatic heterocycles. The van der Waals surface area contributed by atoms with E-state index in [1.807, 2.05) is 18.8 Å². The molecule has 2 unspecified atom stereocenters. The molecule has 0 aromatic carbocycles. The predicted octanol–water partition coefficient (Wildman–Crippen LogP) is 2.30. The van der Waals surface area contributed by atoms with Crippen molar-refractivity contribution >= 4 is 11.8 Å². The van der Waals surface area contributed by atoms with Crippen molar-refractivity contribution in [3.63, 3.8) is 0 Å². The van der Waals surface area contributed by atoms with Gasteiger partial charge in [0.25, 0.3) is 0 Å². The van der Waals surface area contributed by atoms with Gasteiger partial charge in [-0.15, -0.1) is 0 Å². The molecule has 0 heterocycles. The number of rotatable bonds is 8. The lowest BCUT2D eigenvalue weighted by atomic mass is 10.0. The molecular weight excluding hydrogens is 204 g/mol. The van der Waals surface area contributed by atoms with E-state index in [2.05, 4.69) is 44.3 Å². The van der Waals surface area contributed by atoms with E-state index >= 15 is 0 Å². The fourth-order valence-electron chi connectivity index (χ4n) is 2.05. The van der Waals surface area contributed by atoms with E-state index in [4.69, 9.17) is 0 Å². The quantitative estimate of drug-likeness (QED) is 0.691. The highest BCUT2D eigenvalue weighted by Gasteiger charge is 2.23. The van der Waals surface area contributed by atoms with E-state index in [0.717, 1.165) is 6.54 Å². The summed E-state index contributed by atoms with van der Waals surface area (Å²) in [7, 11) is 4.31. The molecule has 15 heavy (non-hydrogen) atoms. The zero-order valence-corrected chi connectivity index (χ0v) is 12.0. The second kappa shape index (κ2) is 8.43. The molecule has 0 bridgehead atoms. The Kier molecular flexibility index (Phi) is 8.58. The molecule has 0 aliphatic rings. The molecular formula is C12H28N2S. The van der Waals surface area contributed by atoms with Crippen molar-refractivity contribution in [1.29, 1.82) is 0 Å². The molecule has 2 atom stereocenters. The van der Waals surface area contributed by atoms with E-state index in [0.29, 0.717) is 18.0 Å². The minimum absolute atomic E-state index is 0.645. The molecule has 0 saturated carbocycles. The fourth-order valence-corrected chi connectivity index (χ4v) is 2.90. The van der Waals surface area contributed by atoms with Gasteiger partial charge in [-0.2, -0.15) is 11.8 Å². The molecule has 2 nitrogen and oxygen atoms in total. The lowest BCUT2D eigenvalue weighted by Gasteiger charge is -2.36. The van der Waals surface area contributed by atoms with Crippen LogP contribution in [-0.4, -0.2) is 49.6 Å². The fraction of sp³-hybridized carbons (Fsp3) is 1.00. The van der Waals surface area contributed by atoms with Crippen LogP contribution < -0.4 is 5.32 Å². The van der Waals surface area contributed by atoms with Crippen molar-refractivity contribution in [2.75, 3.05) is 32.6 Å². The van der Waals surface area contributed by atoms with Crippen LogP contribution in [0.3, 0.4) is 0 Å². The number of nitrogens with zero attached hydrogens (tertiary/aromatic N) is 1. The van der Waals surface area contributed by atoms with E-state index in [9.17, 15) is 0 Å². The Morgan fingerprint density at radius 3 is 2.27 bits per heavy atom. The van der Waals surface area contributed by atoms with Crippen molar-refractivity contribution in [1.82, 2.24) is 10.2 Å². The molecule has 0 radical (unpaired) electrons.